The predicted molar refractivity (Wildman–Crippen MR) is 96.5 cm³/mol. The van der Waals surface area contributed by atoms with Crippen LogP contribution >= 0.6 is 0 Å². The third kappa shape index (κ3) is 3.57. The van der Waals surface area contributed by atoms with E-state index in [1.54, 1.807) is 31.3 Å². The second-order valence-electron chi connectivity index (χ2n) is 5.72. The van der Waals surface area contributed by atoms with E-state index < -0.39 is 0 Å². The number of aryl methyl sites for hydroxylation is 1. The first-order valence-corrected chi connectivity index (χ1v) is 8.16. The van der Waals surface area contributed by atoms with Crippen molar-refractivity contribution in [2.75, 3.05) is 0 Å². The van der Waals surface area contributed by atoms with Gasteiger partial charge in [-0.1, -0.05) is 19.4 Å². The maximum Gasteiger partial charge on any atom is 0.280 e. The van der Waals surface area contributed by atoms with Crippen LogP contribution in [0.25, 0.3) is 5.69 Å². The van der Waals surface area contributed by atoms with E-state index in [9.17, 15) is 9.18 Å². The van der Waals surface area contributed by atoms with Crippen LogP contribution in [0.2, 0.25) is 0 Å². The Kier molecular flexibility index (Phi) is 4.88. The van der Waals surface area contributed by atoms with Gasteiger partial charge in [0.25, 0.3) is 5.56 Å². The fraction of sp³-hybridized carbons (Fsp3) is 0.211. The topological polar surface area (TPSA) is 63.0 Å². The van der Waals surface area contributed by atoms with Crippen molar-refractivity contribution in [3.63, 3.8) is 0 Å². The van der Waals surface area contributed by atoms with Crippen molar-refractivity contribution in [3.05, 3.63) is 76.1 Å². The summed E-state index contributed by atoms with van der Waals surface area (Å²) in [6.45, 7) is 3.84. The van der Waals surface area contributed by atoms with E-state index in [1.165, 1.54) is 16.8 Å². The SMILES string of the molecule is CCCc1[nH]n(-c2ccc(F)cc2)c(=O)c1C(C)=Nc1ccccn1. The van der Waals surface area contributed by atoms with Crippen molar-refractivity contribution >= 4 is 11.5 Å². The largest absolute Gasteiger partial charge is 0.294 e. The van der Waals surface area contributed by atoms with Gasteiger partial charge in [-0.05, 0) is 49.7 Å². The minimum absolute atomic E-state index is 0.202. The summed E-state index contributed by atoms with van der Waals surface area (Å²) < 4.78 is 14.6. The van der Waals surface area contributed by atoms with Crippen LogP contribution in [-0.4, -0.2) is 20.5 Å². The molecule has 3 rings (SSSR count). The lowest BCUT2D eigenvalue weighted by atomic mass is 10.1. The zero-order valence-corrected chi connectivity index (χ0v) is 14.2. The molecule has 128 valence electrons. The quantitative estimate of drug-likeness (QED) is 0.719. The third-order valence-corrected chi connectivity index (χ3v) is 3.84. The van der Waals surface area contributed by atoms with Crippen molar-refractivity contribution < 1.29 is 4.39 Å². The zero-order valence-electron chi connectivity index (χ0n) is 14.2. The molecular weight excluding hydrogens is 319 g/mol. The lowest BCUT2D eigenvalue weighted by Gasteiger charge is -2.01. The van der Waals surface area contributed by atoms with E-state index in [1.807, 2.05) is 19.1 Å². The van der Waals surface area contributed by atoms with Gasteiger partial charge in [-0.15, -0.1) is 0 Å². The molecule has 0 bridgehead atoms. The minimum Gasteiger partial charge on any atom is -0.294 e. The number of benzene rings is 1. The van der Waals surface area contributed by atoms with Gasteiger partial charge in [-0.25, -0.2) is 19.0 Å². The van der Waals surface area contributed by atoms with Gasteiger partial charge in [-0.3, -0.25) is 9.89 Å². The van der Waals surface area contributed by atoms with Gasteiger partial charge in [0.1, 0.15) is 5.82 Å². The van der Waals surface area contributed by atoms with Crippen LogP contribution in [0, 0.1) is 5.82 Å². The molecule has 0 aliphatic carbocycles. The molecule has 6 heteroatoms. The summed E-state index contributed by atoms with van der Waals surface area (Å²) in [4.78, 5) is 21.6. The molecule has 1 aromatic carbocycles. The Hall–Kier alpha value is -3.02. The molecule has 0 aliphatic rings. The molecule has 2 heterocycles. The molecule has 0 radical (unpaired) electrons. The molecule has 25 heavy (non-hydrogen) atoms. The predicted octanol–water partition coefficient (Wildman–Crippen LogP) is 3.79. The molecule has 0 atom stereocenters. The van der Waals surface area contributed by atoms with Crippen LogP contribution < -0.4 is 5.56 Å². The summed E-state index contributed by atoms with van der Waals surface area (Å²) in [6.07, 6.45) is 3.26. The van der Waals surface area contributed by atoms with E-state index in [2.05, 4.69) is 15.1 Å². The number of hydrogen-bond acceptors (Lipinski definition) is 3. The number of rotatable bonds is 5. The highest BCUT2D eigenvalue weighted by molar-refractivity contribution is 6.00. The highest BCUT2D eigenvalue weighted by Crippen LogP contribution is 2.14. The fourth-order valence-corrected chi connectivity index (χ4v) is 2.71. The lowest BCUT2D eigenvalue weighted by molar-refractivity contribution is 0.626. The molecule has 1 N–H and O–H groups in total. The second-order valence-corrected chi connectivity index (χ2v) is 5.72. The van der Waals surface area contributed by atoms with Crippen LogP contribution in [0.3, 0.4) is 0 Å². The van der Waals surface area contributed by atoms with Crippen molar-refractivity contribution in [2.24, 2.45) is 4.99 Å². The Morgan fingerprint density at radius 1 is 1.24 bits per heavy atom. The maximum absolute atomic E-state index is 13.2. The Bertz CT molecular complexity index is 940. The van der Waals surface area contributed by atoms with Gasteiger partial charge in [0, 0.05) is 11.9 Å². The number of hydrogen-bond donors (Lipinski definition) is 1. The number of halogens is 1. The van der Waals surface area contributed by atoms with Crippen LogP contribution in [-0.2, 0) is 6.42 Å². The number of aromatic amines is 1. The molecule has 5 nitrogen and oxygen atoms in total. The average Bonchev–Trinajstić information content (AvgIpc) is 2.93. The summed E-state index contributed by atoms with van der Waals surface area (Å²) in [7, 11) is 0. The summed E-state index contributed by atoms with van der Waals surface area (Å²) >= 11 is 0. The molecule has 3 aromatic rings. The standard InChI is InChI=1S/C19H19FN4O/c1-3-6-16-18(13(2)22-17-7-4-5-12-21-17)19(25)24(23-16)15-10-8-14(20)9-11-15/h4-5,7-12,23H,3,6H2,1-2H3. The number of aliphatic imine (C=N–C) groups is 1. The van der Waals surface area contributed by atoms with Crippen molar-refractivity contribution in [2.45, 2.75) is 26.7 Å². The smallest absolute Gasteiger partial charge is 0.280 e. The number of nitrogens with one attached hydrogen (secondary N) is 1. The highest BCUT2D eigenvalue weighted by Gasteiger charge is 2.17. The van der Waals surface area contributed by atoms with E-state index >= 15 is 0 Å². The number of aromatic nitrogens is 3. The highest BCUT2D eigenvalue weighted by atomic mass is 19.1. The number of pyridine rings is 1. The number of H-pyrrole nitrogens is 1. The molecule has 0 fully saturated rings. The van der Waals surface area contributed by atoms with Gasteiger partial charge < -0.3 is 0 Å². The monoisotopic (exact) mass is 338 g/mol. The molecule has 0 unspecified atom stereocenters. The minimum atomic E-state index is -0.342. The van der Waals surface area contributed by atoms with Gasteiger partial charge >= 0.3 is 0 Å². The van der Waals surface area contributed by atoms with E-state index in [4.69, 9.17) is 0 Å². The van der Waals surface area contributed by atoms with Gasteiger partial charge in [-0.2, -0.15) is 0 Å². The average molecular weight is 338 g/mol. The second kappa shape index (κ2) is 7.25. The van der Waals surface area contributed by atoms with Gasteiger partial charge in [0.05, 0.1) is 17.0 Å². The summed E-state index contributed by atoms with van der Waals surface area (Å²) in [5.74, 6) is 0.210. The van der Waals surface area contributed by atoms with Crippen LogP contribution in [0.4, 0.5) is 10.2 Å². The molecule has 0 spiro atoms. The van der Waals surface area contributed by atoms with Crippen molar-refractivity contribution in [1.29, 1.82) is 0 Å². The summed E-state index contributed by atoms with van der Waals surface area (Å²) in [5, 5.41) is 3.13. The normalized spacial score (nSPS) is 11.7. The summed E-state index contributed by atoms with van der Waals surface area (Å²) in [6, 6.07) is 11.2. The molecule has 0 saturated heterocycles. The Morgan fingerprint density at radius 2 is 2.00 bits per heavy atom. The first-order valence-electron chi connectivity index (χ1n) is 8.16. The number of nitrogens with zero attached hydrogens (tertiary/aromatic N) is 3. The van der Waals surface area contributed by atoms with Gasteiger partial charge in [0.2, 0.25) is 0 Å². The van der Waals surface area contributed by atoms with E-state index in [-0.39, 0.29) is 11.4 Å². The molecule has 0 amide bonds. The Labute approximate surface area is 144 Å². The molecule has 0 saturated carbocycles. The van der Waals surface area contributed by atoms with Crippen LogP contribution in [0.1, 0.15) is 31.5 Å². The summed E-state index contributed by atoms with van der Waals surface area (Å²) in [5.41, 5.74) is 2.34. The lowest BCUT2D eigenvalue weighted by Crippen LogP contribution is -2.19. The zero-order chi connectivity index (χ0) is 17.8. The molecule has 2 aromatic heterocycles. The first-order chi connectivity index (χ1) is 12.1. The van der Waals surface area contributed by atoms with E-state index in [0.717, 1.165) is 12.1 Å². The molecular formula is C19H19FN4O. The Morgan fingerprint density at radius 3 is 2.64 bits per heavy atom. The van der Waals surface area contributed by atoms with Crippen molar-refractivity contribution in [3.8, 4) is 5.69 Å². The first kappa shape index (κ1) is 16.8. The Balaban J connectivity index is 2.11. The fourth-order valence-electron chi connectivity index (χ4n) is 2.71. The maximum atomic E-state index is 13.2. The van der Waals surface area contributed by atoms with E-state index in [0.29, 0.717) is 29.2 Å². The molecule has 0 aliphatic heterocycles. The van der Waals surface area contributed by atoms with Crippen molar-refractivity contribution in [1.82, 2.24) is 14.8 Å². The third-order valence-electron chi connectivity index (χ3n) is 3.84. The van der Waals surface area contributed by atoms with Crippen LogP contribution in [0.15, 0.2) is 58.4 Å². The van der Waals surface area contributed by atoms with Gasteiger partial charge in [0.15, 0.2) is 5.82 Å². The van der Waals surface area contributed by atoms with Crippen LogP contribution in [0.5, 0.6) is 0 Å².